The molecule has 0 bridgehead atoms. The predicted molar refractivity (Wildman–Crippen MR) is 181 cm³/mol. The summed E-state index contributed by atoms with van der Waals surface area (Å²) in [5, 5.41) is 6.15. The average Bonchev–Trinajstić information content (AvgIpc) is 3.08. The molecule has 3 aromatic carbocycles. The number of benzene rings is 3. The highest BCUT2D eigenvalue weighted by Crippen LogP contribution is 2.42. The van der Waals surface area contributed by atoms with Gasteiger partial charge in [-0.2, -0.15) is 0 Å². The van der Waals surface area contributed by atoms with Gasteiger partial charge in [-0.05, 0) is 122 Å². The number of aryl methyl sites for hydroxylation is 3. The first-order valence-corrected chi connectivity index (χ1v) is 16.5. The summed E-state index contributed by atoms with van der Waals surface area (Å²) in [6, 6.07) is 21.6. The van der Waals surface area contributed by atoms with Crippen LogP contribution in [0, 0.1) is 26.7 Å². The molecule has 0 heterocycles. The lowest BCUT2D eigenvalue weighted by atomic mass is 10.1. The second kappa shape index (κ2) is 11.0. The Morgan fingerprint density at radius 1 is 0.500 bits per heavy atom. The molecular formula is C36H49N3Si. The molecule has 212 valence electrons. The summed E-state index contributed by atoms with van der Waals surface area (Å²) < 4.78 is 0. The van der Waals surface area contributed by atoms with Gasteiger partial charge in [0.2, 0.25) is 0 Å². The van der Waals surface area contributed by atoms with Crippen LogP contribution in [0.4, 0.5) is 17.1 Å². The van der Waals surface area contributed by atoms with E-state index >= 15 is 0 Å². The van der Waals surface area contributed by atoms with Crippen LogP contribution >= 0.6 is 0 Å². The predicted octanol–water partition coefficient (Wildman–Crippen LogP) is 6.12. The first-order chi connectivity index (χ1) is 18.7. The minimum atomic E-state index is -2.72. The first-order valence-electron chi connectivity index (χ1n) is 14.5. The van der Waals surface area contributed by atoms with Crippen LogP contribution in [0.15, 0.2) is 76.5 Å². The number of rotatable bonds is 7. The van der Waals surface area contributed by atoms with Crippen LogP contribution < -0.4 is 30.3 Å². The van der Waals surface area contributed by atoms with E-state index < -0.39 is 8.07 Å². The minimum absolute atomic E-state index is 0.389. The maximum atomic E-state index is 2.46. The van der Waals surface area contributed by atoms with Crippen molar-refractivity contribution >= 4 is 40.7 Å². The van der Waals surface area contributed by atoms with Crippen molar-refractivity contribution in [2.45, 2.75) is 48.5 Å². The van der Waals surface area contributed by atoms with Crippen molar-refractivity contribution in [3.05, 3.63) is 93.2 Å². The molecule has 3 aromatic rings. The Bertz CT molecular complexity index is 1370. The molecule has 1 aliphatic rings. The number of nitrogens with zero attached hydrogens (tertiary/aromatic N) is 3. The highest BCUT2D eigenvalue weighted by molar-refractivity contribution is 7.17. The Morgan fingerprint density at radius 2 is 0.825 bits per heavy atom. The Balaban J connectivity index is 2.25. The lowest BCUT2D eigenvalue weighted by Crippen LogP contribution is -2.71. The second-order valence-corrected chi connectivity index (χ2v) is 16.2. The molecule has 1 unspecified atom stereocenters. The van der Waals surface area contributed by atoms with Crippen LogP contribution in [0.3, 0.4) is 0 Å². The van der Waals surface area contributed by atoms with Gasteiger partial charge in [-0.3, -0.25) is 0 Å². The van der Waals surface area contributed by atoms with Crippen LogP contribution in [0.25, 0.3) is 0 Å². The molecule has 0 aliphatic heterocycles. The zero-order chi connectivity index (χ0) is 29.7. The highest BCUT2D eigenvalue weighted by Gasteiger charge is 2.50. The quantitative estimate of drug-likeness (QED) is 0.259. The van der Waals surface area contributed by atoms with Gasteiger partial charge in [-0.15, -0.1) is 0 Å². The van der Waals surface area contributed by atoms with Crippen LogP contribution in [-0.2, 0) is 0 Å². The third-order valence-electron chi connectivity index (χ3n) is 9.44. The van der Waals surface area contributed by atoms with E-state index in [4.69, 9.17) is 0 Å². The van der Waals surface area contributed by atoms with Gasteiger partial charge in [-0.25, -0.2) is 0 Å². The Morgan fingerprint density at radius 3 is 1.05 bits per heavy atom. The molecule has 0 saturated heterocycles. The molecule has 0 fully saturated rings. The Labute approximate surface area is 244 Å². The fourth-order valence-corrected chi connectivity index (χ4v) is 13.2. The molecule has 0 N–H and O–H groups in total. The SMILES string of the molecule is CC1=C(C)C(C)C([Si](c2ccc(N(C)C)cc2C)(c2ccc(N(C)C)cc2C)c2ccc(N(C)C)cc2C)=C1C. The van der Waals surface area contributed by atoms with E-state index in [0.717, 1.165) is 0 Å². The molecule has 1 atom stereocenters. The van der Waals surface area contributed by atoms with Gasteiger partial charge in [0.15, 0.2) is 8.07 Å². The zero-order valence-electron chi connectivity index (χ0n) is 27.1. The molecule has 0 aromatic heterocycles. The number of hydrogen-bond donors (Lipinski definition) is 0. The summed E-state index contributed by atoms with van der Waals surface area (Å²) in [4.78, 5) is 6.65. The molecule has 1 aliphatic carbocycles. The van der Waals surface area contributed by atoms with E-state index in [-0.39, 0.29) is 0 Å². The van der Waals surface area contributed by atoms with Gasteiger partial charge in [-0.1, -0.05) is 41.5 Å². The number of allylic oxidation sites excluding steroid dienone is 4. The summed E-state index contributed by atoms with van der Waals surface area (Å²) in [6.07, 6.45) is 0. The van der Waals surface area contributed by atoms with E-state index in [1.165, 1.54) is 66.0 Å². The van der Waals surface area contributed by atoms with Gasteiger partial charge in [0.05, 0.1) is 0 Å². The number of hydrogen-bond acceptors (Lipinski definition) is 3. The largest absolute Gasteiger partial charge is 0.378 e. The molecule has 0 spiro atoms. The molecule has 4 rings (SSSR count). The average molecular weight is 552 g/mol. The maximum Gasteiger partial charge on any atom is 0.177 e. The zero-order valence-corrected chi connectivity index (χ0v) is 28.1. The third-order valence-corrected chi connectivity index (χ3v) is 15.2. The van der Waals surface area contributed by atoms with Crippen molar-refractivity contribution in [3.63, 3.8) is 0 Å². The van der Waals surface area contributed by atoms with Crippen LogP contribution in [-0.4, -0.2) is 50.4 Å². The summed E-state index contributed by atoms with van der Waals surface area (Å²) in [5.41, 5.74) is 12.3. The summed E-state index contributed by atoms with van der Waals surface area (Å²) >= 11 is 0. The van der Waals surface area contributed by atoms with Crippen molar-refractivity contribution in [2.75, 3.05) is 57.0 Å². The van der Waals surface area contributed by atoms with Crippen molar-refractivity contribution in [2.24, 2.45) is 5.92 Å². The lowest BCUT2D eigenvalue weighted by Gasteiger charge is -2.42. The second-order valence-electron chi connectivity index (χ2n) is 12.5. The fourth-order valence-electron chi connectivity index (χ4n) is 6.88. The van der Waals surface area contributed by atoms with Gasteiger partial charge >= 0.3 is 0 Å². The van der Waals surface area contributed by atoms with E-state index in [1.54, 1.807) is 5.20 Å². The Hall–Kier alpha value is -3.24. The smallest absolute Gasteiger partial charge is 0.177 e. The maximum absolute atomic E-state index is 2.72. The van der Waals surface area contributed by atoms with Crippen LogP contribution in [0.1, 0.15) is 44.4 Å². The summed E-state index contributed by atoms with van der Waals surface area (Å²) in [7, 11) is 10.1. The first kappa shape index (κ1) is 29.7. The van der Waals surface area contributed by atoms with Crippen molar-refractivity contribution in [1.29, 1.82) is 0 Å². The molecule has 0 amide bonds. The molecule has 40 heavy (non-hydrogen) atoms. The van der Waals surface area contributed by atoms with E-state index in [0.29, 0.717) is 5.92 Å². The Kier molecular flexibility index (Phi) is 8.15. The van der Waals surface area contributed by atoms with Gasteiger partial charge in [0.1, 0.15) is 0 Å². The third kappa shape index (κ3) is 4.70. The van der Waals surface area contributed by atoms with Gasteiger partial charge in [0.25, 0.3) is 0 Å². The molecule has 3 nitrogen and oxygen atoms in total. The normalized spacial score (nSPS) is 15.7. The summed E-state index contributed by atoms with van der Waals surface area (Å²) in [5.74, 6) is 0.389. The monoisotopic (exact) mass is 551 g/mol. The van der Waals surface area contributed by atoms with Crippen molar-refractivity contribution < 1.29 is 0 Å². The fraction of sp³-hybridized carbons (Fsp3) is 0.389. The van der Waals surface area contributed by atoms with E-state index in [1.807, 2.05) is 0 Å². The topological polar surface area (TPSA) is 9.72 Å². The minimum Gasteiger partial charge on any atom is -0.378 e. The highest BCUT2D eigenvalue weighted by atomic mass is 28.3. The number of anilines is 3. The molecule has 0 saturated carbocycles. The lowest BCUT2D eigenvalue weighted by molar-refractivity contribution is 0.851. The molecule has 0 radical (unpaired) electrons. The van der Waals surface area contributed by atoms with Gasteiger partial charge < -0.3 is 14.7 Å². The van der Waals surface area contributed by atoms with Crippen LogP contribution in [0.2, 0.25) is 0 Å². The molecule has 4 heteroatoms. The van der Waals surface area contributed by atoms with Crippen molar-refractivity contribution in [3.8, 4) is 0 Å². The molecular weight excluding hydrogens is 503 g/mol. The van der Waals surface area contributed by atoms with Crippen molar-refractivity contribution in [1.82, 2.24) is 0 Å². The summed E-state index contributed by atoms with van der Waals surface area (Å²) in [6.45, 7) is 16.5. The van der Waals surface area contributed by atoms with Crippen LogP contribution in [0.5, 0.6) is 0 Å². The van der Waals surface area contributed by atoms with E-state index in [2.05, 4.69) is 160 Å². The van der Waals surface area contributed by atoms with Gasteiger partial charge in [0, 0.05) is 59.3 Å². The van der Waals surface area contributed by atoms with E-state index in [9.17, 15) is 0 Å². The standard InChI is InChI=1S/C36H49N3Si/c1-23-20-30(37(8)9)14-17-33(23)40(36-28(6)26(4)27(5)29(36)7,34-18-15-31(38(10)11)21-24(34)2)35-19-16-32(39(12)13)22-25(35)3/h14-22,28H,1-13H3.